The molecular formula is C20H14ClNOS. The van der Waals surface area contributed by atoms with E-state index in [4.69, 9.17) is 28.6 Å². The van der Waals surface area contributed by atoms with Crippen molar-refractivity contribution in [3.05, 3.63) is 88.9 Å². The van der Waals surface area contributed by atoms with Gasteiger partial charge in [-0.3, -0.25) is 0 Å². The molecule has 0 spiro atoms. The van der Waals surface area contributed by atoms with Gasteiger partial charge < -0.3 is 10.1 Å². The summed E-state index contributed by atoms with van der Waals surface area (Å²) < 4.78 is 5.97. The van der Waals surface area contributed by atoms with Gasteiger partial charge in [0.2, 0.25) is 0 Å². The Morgan fingerprint density at radius 3 is 2.00 bits per heavy atom. The van der Waals surface area contributed by atoms with Crippen molar-refractivity contribution in [1.29, 1.82) is 0 Å². The van der Waals surface area contributed by atoms with Crippen molar-refractivity contribution in [2.75, 3.05) is 5.32 Å². The van der Waals surface area contributed by atoms with Crippen LogP contribution >= 0.6 is 23.8 Å². The van der Waals surface area contributed by atoms with E-state index in [1.165, 1.54) is 0 Å². The first-order valence-electron chi connectivity index (χ1n) is 7.65. The van der Waals surface area contributed by atoms with Crippen molar-refractivity contribution in [3.8, 4) is 5.75 Å². The van der Waals surface area contributed by atoms with Gasteiger partial charge in [0.05, 0.1) is 10.9 Å². The number of halogens is 1. The second kappa shape index (κ2) is 6.27. The van der Waals surface area contributed by atoms with E-state index in [0.29, 0.717) is 15.8 Å². The zero-order chi connectivity index (χ0) is 16.5. The third-order valence-electron chi connectivity index (χ3n) is 4.10. The molecule has 0 saturated heterocycles. The van der Waals surface area contributed by atoms with Crippen LogP contribution in [0.4, 0.5) is 11.4 Å². The molecule has 0 bridgehead atoms. The second-order valence-corrected chi connectivity index (χ2v) is 6.39. The zero-order valence-corrected chi connectivity index (χ0v) is 14.3. The summed E-state index contributed by atoms with van der Waals surface area (Å²) in [7, 11) is 0. The molecule has 0 fully saturated rings. The number of nitrogens with one attached hydrogen (secondary N) is 1. The Hall–Kier alpha value is -2.36. The Bertz CT molecular complexity index is 879. The zero-order valence-electron chi connectivity index (χ0n) is 12.7. The molecule has 0 aliphatic carbocycles. The highest BCUT2D eigenvalue weighted by Crippen LogP contribution is 2.42. The number of thiocarbonyl (C=S) groups is 1. The van der Waals surface area contributed by atoms with Crippen LogP contribution in [0, 0.1) is 0 Å². The van der Waals surface area contributed by atoms with E-state index in [-0.39, 0.29) is 5.92 Å². The maximum absolute atomic E-state index is 6.21. The van der Waals surface area contributed by atoms with E-state index in [0.717, 1.165) is 22.5 Å². The fraction of sp³-hybridized carbons (Fsp3) is 0.0500. The Morgan fingerprint density at radius 1 is 0.833 bits per heavy atom. The summed E-state index contributed by atoms with van der Waals surface area (Å²) in [5, 5.41) is 4.50. The lowest BCUT2D eigenvalue weighted by molar-refractivity contribution is 0.543. The van der Waals surface area contributed by atoms with Crippen LogP contribution in [0.2, 0.25) is 5.02 Å². The lowest BCUT2D eigenvalue weighted by atomic mass is 9.86. The van der Waals surface area contributed by atoms with Crippen molar-refractivity contribution >= 4 is 40.2 Å². The molecule has 3 aromatic carbocycles. The van der Waals surface area contributed by atoms with Gasteiger partial charge in [0, 0.05) is 11.4 Å². The number of para-hydroxylation sites is 3. The molecule has 1 aliphatic rings. The lowest BCUT2D eigenvalue weighted by Gasteiger charge is -2.29. The molecule has 0 atom stereocenters. The highest BCUT2D eigenvalue weighted by Gasteiger charge is 2.30. The van der Waals surface area contributed by atoms with Crippen molar-refractivity contribution < 1.29 is 4.74 Å². The average Bonchev–Trinajstić information content (AvgIpc) is 2.61. The van der Waals surface area contributed by atoms with Crippen LogP contribution in [-0.4, -0.2) is 5.05 Å². The minimum absolute atomic E-state index is 0.120. The van der Waals surface area contributed by atoms with Gasteiger partial charge >= 0.3 is 0 Å². The standard InChI is InChI=1S/C20H14ClNOS/c21-15-9-3-6-12-18(15)23-20(24)19-13-7-1-4-10-16(13)22-17-11-5-2-8-14(17)19/h1-12,19,22H. The third kappa shape index (κ3) is 2.66. The van der Waals surface area contributed by atoms with Gasteiger partial charge in [-0.15, -0.1) is 0 Å². The first-order valence-corrected chi connectivity index (χ1v) is 8.44. The molecule has 4 rings (SSSR count). The number of fused-ring (bicyclic) bond motifs is 2. The summed E-state index contributed by atoms with van der Waals surface area (Å²) in [5.74, 6) is 0.461. The molecule has 0 aromatic heterocycles. The van der Waals surface area contributed by atoms with Gasteiger partial charge in [-0.05, 0) is 47.6 Å². The molecular weight excluding hydrogens is 338 g/mol. The number of benzene rings is 3. The number of ether oxygens (including phenoxy) is 1. The Kier molecular flexibility index (Phi) is 3.97. The first kappa shape index (κ1) is 15.2. The molecule has 0 unspecified atom stereocenters. The Labute approximate surface area is 151 Å². The predicted octanol–water partition coefficient (Wildman–Crippen LogP) is 5.94. The van der Waals surface area contributed by atoms with Crippen LogP contribution in [-0.2, 0) is 0 Å². The van der Waals surface area contributed by atoms with Crippen molar-refractivity contribution in [1.82, 2.24) is 0 Å². The average molecular weight is 352 g/mol. The van der Waals surface area contributed by atoms with E-state index in [2.05, 4.69) is 29.6 Å². The van der Waals surface area contributed by atoms with E-state index in [1.807, 2.05) is 42.5 Å². The van der Waals surface area contributed by atoms with Gasteiger partial charge in [-0.2, -0.15) is 0 Å². The molecule has 1 heterocycles. The van der Waals surface area contributed by atoms with Gasteiger partial charge in [-0.1, -0.05) is 60.1 Å². The molecule has 1 N–H and O–H groups in total. The maximum atomic E-state index is 6.21. The molecule has 24 heavy (non-hydrogen) atoms. The fourth-order valence-electron chi connectivity index (χ4n) is 2.99. The molecule has 0 amide bonds. The van der Waals surface area contributed by atoms with Crippen molar-refractivity contribution in [2.24, 2.45) is 0 Å². The van der Waals surface area contributed by atoms with Crippen LogP contribution in [0.25, 0.3) is 0 Å². The van der Waals surface area contributed by atoms with E-state index >= 15 is 0 Å². The fourth-order valence-corrected chi connectivity index (χ4v) is 3.50. The number of hydrogen-bond donors (Lipinski definition) is 1. The molecule has 3 aromatic rings. The number of rotatable bonds is 2. The minimum Gasteiger partial charge on any atom is -0.448 e. The summed E-state index contributed by atoms with van der Waals surface area (Å²) in [5.41, 5.74) is 4.30. The highest BCUT2D eigenvalue weighted by molar-refractivity contribution is 7.80. The second-order valence-electron chi connectivity index (χ2n) is 5.58. The van der Waals surface area contributed by atoms with Crippen LogP contribution in [0.3, 0.4) is 0 Å². The maximum Gasteiger partial charge on any atom is 0.179 e. The molecule has 4 heteroatoms. The lowest BCUT2D eigenvalue weighted by Crippen LogP contribution is -2.23. The van der Waals surface area contributed by atoms with E-state index < -0.39 is 0 Å². The summed E-state index contributed by atoms with van der Waals surface area (Å²) >= 11 is 11.9. The first-order chi connectivity index (χ1) is 11.7. The molecule has 2 nitrogen and oxygen atoms in total. The molecule has 0 saturated carbocycles. The molecule has 1 aliphatic heterocycles. The summed E-state index contributed by atoms with van der Waals surface area (Å²) in [6.45, 7) is 0. The van der Waals surface area contributed by atoms with Gasteiger partial charge in [0.15, 0.2) is 5.05 Å². The Balaban J connectivity index is 1.77. The topological polar surface area (TPSA) is 21.3 Å². The van der Waals surface area contributed by atoms with E-state index in [9.17, 15) is 0 Å². The van der Waals surface area contributed by atoms with Crippen LogP contribution < -0.4 is 10.1 Å². The van der Waals surface area contributed by atoms with Crippen LogP contribution in [0.1, 0.15) is 17.0 Å². The molecule has 0 radical (unpaired) electrons. The number of anilines is 2. The van der Waals surface area contributed by atoms with Gasteiger partial charge in [0.25, 0.3) is 0 Å². The van der Waals surface area contributed by atoms with Crippen LogP contribution in [0.5, 0.6) is 5.75 Å². The molecule has 118 valence electrons. The largest absolute Gasteiger partial charge is 0.448 e. The van der Waals surface area contributed by atoms with Crippen LogP contribution in [0.15, 0.2) is 72.8 Å². The Morgan fingerprint density at radius 2 is 1.38 bits per heavy atom. The van der Waals surface area contributed by atoms with Gasteiger partial charge in [-0.25, -0.2) is 0 Å². The summed E-state index contributed by atoms with van der Waals surface area (Å²) in [6, 6.07) is 23.7. The van der Waals surface area contributed by atoms with Crippen molar-refractivity contribution in [2.45, 2.75) is 5.92 Å². The minimum atomic E-state index is -0.120. The van der Waals surface area contributed by atoms with Gasteiger partial charge in [0.1, 0.15) is 5.75 Å². The smallest absolute Gasteiger partial charge is 0.179 e. The summed E-state index contributed by atoms with van der Waals surface area (Å²) in [6.07, 6.45) is 0. The quantitative estimate of drug-likeness (QED) is 0.578. The highest BCUT2D eigenvalue weighted by atomic mass is 35.5. The number of hydrogen-bond acceptors (Lipinski definition) is 3. The normalized spacial score (nSPS) is 12.7. The third-order valence-corrected chi connectivity index (χ3v) is 4.73. The predicted molar refractivity (Wildman–Crippen MR) is 103 cm³/mol. The monoisotopic (exact) mass is 351 g/mol. The summed E-state index contributed by atoms with van der Waals surface area (Å²) in [4.78, 5) is 0. The SMILES string of the molecule is S=C(Oc1ccccc1Cl)C1c2ccccc2Nc2ccccc21. The van der Waals surface area contributed by atoms with Crippen molar-refractivity contribution in [3.63, 3.8) is 0 Å². The van der Waals surface area contributed by atoms with E-state index in [1.54, 1.807) is 6.07 Å².